The Balaban J connectivity index is 2.34. The van der Waals surface area contributed by atoms with Gasteiger partial charge in [-0.2, -0.15) is 5.10 Å². The molecule has 98 valence electrons. The van der Waals surface area contributed by atoms with Crippen LogP contribution in [-0.2, 0) is 14.8 Å². The van der Waals surface area contributed by atoms with E-state index < -0.39 is 10.0 Å². The number of nitrogens with zero attached hydrogens (tertiary/aromatic N) is 1. The number of aromatic nitrogens is 2. The molecule has 0 aliphatic carbocycles. The third-order valence-electron chi connectivity index (χ3n) is 2.09. The molecule has 1 aromatic heterocycles. The van der Waals surface area contributed by atoms with Crippen LogP contribution in [0, 0.1) is 6.92 Å². The summed E-state index contributed by atoms with van der Waals surface area (Å²) in [6, 6.07) is 0. The lowest BCUT2D eigenvalue weighted by Gasteiger charge is -2.06. The number of nitrogens with one attached hydrogen (secondary N) is 2. The summed E-state index contributed by atoms with van der Waals surface area (Å²) in [5.41, 5.74) is 5.77. The molecule has 8 heteroatoms. The summed E-state index contributed by atoms with van der Waals surface area (Å²) >= 11 is 0. The number of H-pyrrole nitrogens is 1. The first-order valence-electron chi connectivity index (χ1n) is 5.35. The smallest absolute Gasteiger partial charge is 0.243 e. The van der Waals surface area contributed by atoms with Gasteiger partial charge in [0.05, 0.1) is 18.5 Å². The lowest BCUT2D eigenvalue weighted by molar-refractivity contribution is 0.140. The van der Waals surface area contributed by atoms with Crippen LogP contribution in [0.5, 0.6) is 0 Å². The van der Waals surface area contributed by atoms with Gasteiger partial charge in [-0.15, -0.1) is 0 Å². The summed E-state index contributed by atoms with van der Waals surface area (Å²) < 4.78 is 31.2. The quantitative estimate of drug-likeness (QED) is 0.540. The van der Waals surface area contributed by atoms with Crippen LogP contribution < -0.4 is 10.5 Å². The molecule has 1 rings (SSSR count). The predicted molar refractivity (Wildman–Crippen MR) is 63.0 cm³/mol. The first-order chi connectivity index (χ1) is 8.08. The van der Waals surface area contributed by atoms with Crippen LogP contribution in [-0.4, -0.2) is 44.9 Å². The number of hydrogen-bond donors (Lipinski definition) is 3. The molecule has 17 heavy (non-hydrogen) atoms. The normalized spacial score (nSPS) is 11.9. The fraction of sp³-hybridized carbons (Fsp3) is 0.667. The third kappa shape index (κ3) is 4.43. The van der Waals surface area contributed by atoms with E-state index >= 15 is 0 Å². The van der Waals surface area contributed by atoms with E-state index in [1.807, 2.05) is 0 Å². The molecule has 0 aromatic carbocycles. The number of rotatable bonds is 8. The molecular weight excluding hydrogens is 244 g/mol. The van der Waals surface area contributed by atoms with Crippen molar-refractivity contribution in [3.05, 3.63) is 11.9 Å². The van der Waals surface area contributed by atoms with E-state index in [-0.39, 0.29) is 4.90 Å². The van der Waals surface area contributed by atoms with Crippen molar-refractivity contribution < 1.29 is 13.2 Å². The summed E-state index contributed by atoms with van der Waals surface area (Å²) in [5.74, 6) is 0. The van der Waals surface area contributed by atoms with Crippen molar-refractivity contribution in [1.82, 2.24) is 14.9 Å². The SMILES string of the molecule is Cc1[nH]ncc1S(=O)(=O)NCCCOCCN. The van der Waals surface area contributed by atoms with Crippen LogP contribution in [0.15, 0.2) is 11.1 Å². The van der Waals surface area contributed by atoms with Gasteiger partial charge in [0, 0.05) is 19.7 Å². The molecule has 0 aliphatic rings. The van der Waals surface area contributed by atoms with Crippen molar-refractivity contribution >= 4 is 10.0 Å². The molecule has 0 fully saturated rings. The number of aryl methyl sites for hydroxylation is 1. The van der Waals surface area contributed by atoms with E-state index in [4.69, 9.17) is 10.5 Å². The third-order valence-corrected chi connectivity index (χ3v) is 3.67. The molecule has 4 N–H and O–H groups in total. The highest BCUT2D eigenvalue weighted by atomic mass is 32.2. The van der Waals surface area contributed by atoms with Gasteiger partial charge in [-0.05, 0) is 13.3 Å². The first-order valence-corrected chi connectivity index (χ1v) is 6.83. The number of nitrogens with two attached hydrogens (primary N) is 1. The topological polar surface area (TPSA) is 110 Å². The van der Waals surface area contributed by atoms with Crippen LogP contribution >= 0.6 is 0 Å². The second-order valence-corrected chi connectivity index (χ2v) is 5.25. The van der Waals surface area contributed by atoms with E-state index in [9.17, 15) is 8.42 Å². The highest BCUT2D eigenvalue weighted by molar-refractivity contribution is 7.89. The monoisotopic (exact) mass is 262 g/mol. The maximum Gasteiger partial charge on any atom is 0.243 e. The zero-order valence-electron chi connectivity index (χ0n) is 9.77. The molecule has 0 saturated heterocycles. The highest BCUT2D eigenvalue weighted by Gasteiger charge is 2.17. The molecule has 1 heterocycles. The number of sulfonamides is 1. The van der Waals surface area contributed by atoms with Crippen molar-refractivity contribution in [3.8, 4) is 0 Å². The van der Waals surface area contributed by atoms with Crippen molar-refractivity contribution in [3.63, 3.8) is 0 Å². The molecule has 0 bridgehead atoms. The van der Waals surface area contributed by atoms with Gasteiger partial charge in [0.2, 0.25) is 10.0 Å². The largest absolute Gasteiger partial charge is 0.380 e. The summed E-state index contributed by atoms with van der Waals surface area (Å²) in [5, 5.41) is 6.26. The maximum atomic E-state index is 11.8. The summed E-state index contributed by atoms with van der Waals surface area (Å²) in [4.78, 5) is 0.181. The van der Waals surface area contributed by atoms with Crippen LogP contribution in [0.3, 0.4) is 0 Å². The van der Waals surface area contributed by atoms with Gasteiger partial charge in [-0.3, -0.25) is 5.10 Å². The molecular formula is C9H18N4O3S. The molecule has 0 atom stereocenters. The Morgan fingerprint density at radius 2 is 2.29 bits per heavy atom. The summed E-state index contributed by atoms with van der Waals surface area (Å²) in [6.45, 7) is 3.45. The Morgan fingerprint density at radius 3 is 2.88 bits per heavy atom. The Labute approximate surface area is 101 Å². The van der Waals surface area contributed by atoms with Crippen LogP contribution in [0.25, 0.3) is 0 Å². The van der Waals surface area contributed by atoms with Crippen molar-refractivity contribution in [2.45, 2.75) is 18.2 Å². The van der Waals surface area contributed by atoms with E-state index in [1.165, 1.54) is 6.20 Å². The van der Waals surface area contributed by atoms with Gasteiger partial charge in [-0.25, -0.2) is 13.1 Å². The number of hydrogen-bond acceptors (Lipinski definition) is 5. The van der Waals surface area contributed by atoms with Gasteiger partial charge in [0.15, 0.2) is 0 Å². The predicted octanol–water partition coefficient (Wildman–Crippen LogP) is -0.638. The lowest BCUT2D eigenvalue weighted by Crippen LogP contribution is -2.26. The van der Waals surface area contributed by atoms with Crippen molar-refractivity contribution in [2.75, 3.05) is 26.3 Å². The van der Waals surface area contributed by atoms with Crippen molar-refractivity contribution in [1.29, 1.82) is 0 Å². The maximum absolute atomic E-state index is 11.8. The molecule has 1 aromatic rings. The van der Waals surface area contributed by atoms with E-state index in [2.05, 4.69) is 14.9 Å². The van der Waals surface area contributed by atoms with E-state index in [1.54, 1.807) is 6.92 Å². The van der Waals surface area contributed by atoms with Gasteiger partial charge < -0.3 is 10.5 Å². The minimum absolute atomic E-state index is 0.181. The van der Waals surface area contributed by atoms with Gasteiger partial charge in [0.1, 0.15) is 4.90 Å². The minimum atomic E-state index is -3.46. The molecule has 0 amide bonds. The first kappa shape index (κ1) is 14.1. The van der Waals surface area contributed by atoms with Gasteiger partial charge in [-0.1, -0.05) is 0 Å². The average Bonchev–Trinajstić information content (AvgIpc) is 2.70. The summed E-state index contributed by atoms with van der Waals surface area (Å²) in [7, 11) is -3.46. The standard InChI is InChI=1S/C9H18N4O3S/c1-8-9(7-11-13-8)17(14,15)12-4-2-5-16-6-3-10/h7,12H,2-6,10H2,1H3,(H,11,13). The molecule has 7 nitrogen and oxygen atoms in total. The van der Waals surface area contributed by atoms with E-state index in [0.29, 0.717) is 38.4 Å². The summed E-state index contributed by atoms with van der Waals surface area (Å²) in [6.07, 6.45) is 1.90. The second kappa shape index (κ2) is 6.70. The highest BCUT2D eigenvalue weighted by Crippen LogP contribution is 2.10. The fourth-order valence-corrected chi connectivity index (χ4v) is 2.46. The second-order valence-electron chi connectivity index (χ2n) is 3.51. The Kier molecular flexibility index (Phi) is 5.56. The average molecular weight is 262 g/mol. The Morgan fingerprint density at radius 1 is 1.53 bits per heavy atom. The Bertz CT molecular complexity index is 429. The molecule has 0 unspecified atom stereocenters. The van der Waals surface area contributed by atoms with Crippen LogP contribution in [0.1, 0.15) is 12.1 Å². The number of aromatic amines is 1. The molecule has 0 aliphatic heterocycles. The van der Waals surface area contributed by atoms with E-state index in [0.717, 1.165) is 0 Å². The fourth-order valence-electron chi connectivity index (χ4n) is 1.25. The Hall–Kier alpha value is -0.960. The van der Waals surface area contributed by atoms with Crippen molar-refractivity contribution in [2.24, 2.45) is 5.73 Å². The van der Waals surface area contributed by atoms with Gasteiger partial charge >= 0.3 is 0 Å². The number of ether oxygens (including phenoxy) is 1. The zero-order valence-corrected chi connectivity index (χ0v) is 10.6. The zero-order chi connectivity index (χ0) is 12.7. The molecule has 0 spiro atoms. The molecule has 0 saturated carbocycles. The minimum Gasteiger partial charge on any atom is -0.380 e. The van der Waals surface area contributed by atoms with Crippen LogP contribution in [0.2, 0.25) is 0 Å². The van der Waals surface area contributed by atoms with Gasteiger partial charge in [0.25, 0.3) is 0 Å². The molecule has 0 radical (unpaired) electrons. The lowest BCUT2D eigenvalue weighted by atomic mass is 10.5. The van der Waals surface area contributed by atoms with Crippen LogP contribution in [0.4, 0.5) is 0 Å².